The van der Waals surface area contributed by atoms with Crippen molar-refractivity contribution >= 4 is 23.9 Å². The molecule has 16 heavy (non-hydrogen) atoms. The van der Waals surface area contributed by atoms with E-state index >= 15 is 0 Å². The van der Waals surface area contributed by atoms with Crippen molar-refractivity contribution in [2.75, 3.05) is 33.5 Å². The maximum atomic E-state index is 11.1. The molecule has 0 aromatic heterocycles. The molecule has 0 heterocycles. The quantitative estimate of drug-likeness (QED) is 0.298. The van der Waals surface area contributed by atoms with E-state index in [1.165, 1.54) is 0 Å². The van der Waals surface area contributed by atoms with Gasteiger partial charge in [-0.15, -0.1) is 11.8 Å². The lowest BCUT2D eigenvalue weighted by Crippen LogP contribution is -2.27. The van der Waals surface area contributed by atoms with E-state index < -0.39 is 0 Å². The van der Waals surface area contributed by atoms with Crippen LogP contribution in [-0.2, 0) is 9.53 Å². The average Bonchev–Trinajstić information content (AvgIpc) is 2.13. The van der Waals surface area contributed by atoms with Gasteiger partial charge in [-0.25, -0.2) is 4.59 Å². The summed E-state index contributed by atoms with van der Waals surface area (Å²) in [4.78, 5) is 11.1. The number of quaternary nitrogens is 1. The minimum atomic E-state index is -0.136. The number of hydrogen-bond acceptors (Lipinski definition) is 4. The molecule has 0 aromatic carbocycles. The highest BCUT2D eigenvalue weighted by molar-refractivity contribution is 8.00. The molecule has 0 bridgehead atoms. The Morgan fingerprint density at radius 1 is 1.50 bits per heavy atom. The topological polar surface area (TPSA) is 38.7 Å². The van der Waals surface area contributed by atoms with Gasteiger partial charge < -0.3 is 4.74 Å². The molecule has 5 heteroatoms. The normalized spacial score (nSPS) is 14.1. The lowest BCUT2D eigenvalue weighted by Gasteiger charge is -2.15. The van der Waals surface area contributed by atoms with Crippen molar-refractivity contribution in [2.45, 2.75) is 25.5 Å². The second-order valence-corrected chi connectivity index (χ2v) is 5.83. The van der Waals surface area contributed by atoms with Crippen LogP contribution in [0.2, 0.25) is 0 Å². The van der Waals surface area contributed by atoms with Crippen molar-refractivity contribution < 1.29 is 14.1 Å². The van der Waals surface area contributed by atoms with E-state index in [9.17, 15) is 4.79 Å². The standard InChI is InChI=1S/C11H23N2O2S/c1-6-15-11(14)9-16-10(2)7-8-12-13(3,4)5/h8,10H,6-7,9H2,1-5H3/q+1. The molecule has 0 spiro atoms. The highest BCUT2D eigenvalue weighted by Gasteiger charge is 2.08. The van der Waals surface area contributed by atoms with Gasteiger partial charge >= 0.3 is 5.97 Å². The van der Waals surface area contributed by atoms with Gasteiger partial charge in [-0.1, -0.05) is 12.0 Å². The van der Waals surface area contributed by atoms with E-state index in [1.54, 1.807) is 11.8 Å². The van der Waals surface area contributed by atoms with Crippen molar-refractivity contribution in [1.82, 2.24) is 0 Å². The van der Waals surface area contributed by atoms with Gasteiger partial charge in [-0.3, -0.25) is 4.79 Å². The van der Waals surface area contributed by atoms with Crippen LogP contribution in [0.4, 0.5) is 0 Å². The summed E-state index contributed by atoms with van der Waals surface area (Å²) in [5.41, 5.74) is 0. The third-order valence-electron chi connectivity index (χ3n) is 1.66. The molecule has 1 atom stereocenters. The van der Waals surface area contributed by atoms with Gasteiger partial charge in [0, 0.05) is 5.25 Å². The third kappa shape index (κ3) is 9.98. The minimum absolute atomic E-state index is 0.136. The molecule has 4 nitrogen and oxygen atoms in total. The number of thioether (sulfide) groups is 1. The van der Waals surface area contributed by atoms with E-state index in [2.05, 4.69) is 12.0 Å². The smallest absolute Gasteiger partial charge is 0.315 e. The van der Waals surface area contributed by atoms with Gasteiger partial charge in [0.2, 0.25) is 0 Å². The summed E-state index contributed by atoms with van der Waals surface area (Å²) in [6.45, 7) is 4.36. The highest BCUT2D eigenvalue weighted by atomic mass is 32.2. The van der Waals surface area contributed by atoms with Gasteiger partial charge in [0.15, 0.2) is 0 Å². The Hall–Kier alpha value is -0.550. The molecule has 0 saturated heterocycles. The van der Waals surface area contributed by atoms with Crippen LogP contribution in [0.25, 0.3) is 0 Å². The molecule has 0 aromatic rings. The summed E-state index contributed by atoms with van der Waals surface area (Å²) >= 11 is 1.60. The summed E-state index contributed by atoms with van der Waals surface area (Å²) in [6, 6.07) is 0. The molecule has 0 aliphatic carbocycles. The summed E-state index contributed by atoms with van der Waals surface area (Å²) < 4.78 is 5.43. The van der Waals surface area contributed by atoms with Crippen LogP contribution in [-0.4, -0.2) is 55.5 Å². The van der Waals surface area contributed by atoms with Crippen LogP contribution >= 0.6 is 11.8 Å². The van der Waals surface area contributed by atoms with Crippen molar-refractivity contribution in [2.24, 2.45) is 5.10 Å². The lowest BCUT2D eigenvalue weighted by molar-refractivity contribution is -0.876. The van der Waals surface area contributed by atoms with Gasteiger partial charge in [0.05, 0.1) is 39.7 Å². The van der Waals surface area contributed by atoms with E-state index in [0.29, 0.717) is 22.2 Å². The van der Waals surface area contributed by atoms with E-state index in [-0.39, 0.29) is 5.97 Å². The van der Waals surface area contributed by atoms with Gasteiger partial charge in [0.1, 0.15) is 0 Å². The average molecular weight is 247 g/mol. The van der Waals surface area contributed by atoms with Crippen molar-refractivity contribution in [3.8, 4) is 0 Å². The second-order valence-electron chi connectivity index (χ2n) is 4.40. The lowest BCUT2D eigenvalue weighted by atomic mass is 10.4. The number of ether oxygens (including phenoxy) is 1. The highest BCUT2D eigenvalue weighted by Crippen LogP contribution is 2.13. The summed E-state index contributed by atoms with van der Waals surface area (Å²) in [6.07, 6.45) is 2.79. The van der Waals surface area contributed by atoms with Crippen LogP contribution in [0.5, 0.6) is 0 Å². The SMILES string of the molecule is CCOC(=O)CSC(C)CC=N[N+](C)(C)C. The minimum Gasteiger partial charge on any atom is -0.465 e. The van der Waals surface area contributed by atoms with Gasteiger partial charge in [-0.05, 0) is 13.3 Å². The molecular formula is C11H23N2O2S+. The zero-order valence-corrected chi connectivity index (χ0v) is 11.7. The largest absolute Gasteiger partial charge is 0.465 e. The molecule has 0 saturated carbocycles. The first kappa shape index (κ1) is 15.4. The molecular weight excluding hydrogens is 224 g/mol. The van der Waals surface area contributed by atoms with Crippen molar-refractivity contribution in [3.05, 3.63) is 0 Å². The maximum absolute atomic E-state index is 11.1. The first-order chi connectivity index (χ1) is 7.35. The Balaban J connectivity index is 3.71. The van der Waals surface area contributed by atoms with Gasteiger partial charge in [0.25, 0.3) is 0 Å². The Labute approximate surface area is 103 Å². The second kappa shape index (κ2) is 7.68. The molecule has 94 valence electrons. The summed E-state index contributed by atoms with van der Waals surface area (Å²) in [5.74, 6) is 0.288. The summed E-state index contributed by atoms with van der Waals surface area (Å²) in [5, 5.41) is 4.73. The number of hydrogen-bond donors (Lipinski definition) is 0. The predicted molar refractivity (Wildman–Crippen MR) is 69.7 cm³/mol. The number of rotatable bonds is 7. The molecule has 0 aliphatic heterocycles. The first-order valence-electron chi connectivity index (χ1n) is 5.48. The number of carbonyl (C=O) groups is 1. The van der Waals surface area contributed by atoms with Crippen LogP contribution < -0.4 is 0 Å². The van der Waals surface area contributed by atoms with E-state index in [0.717, 1.165) is 6.42 Å². The zero-order valence-electron chi connectivity index (χ0n) is 10.9. The number of nitrogens with zero attached hydrogens (tertiary/aromatic N) is 2. The summed E-state index contributed by atoms with van der Waals surface area (Å²) in [7, 11) is 6.02. The van der Waals surface area contributed by atoms with E-state index in [1.807, 2.05) is 34.3 Å². The van der Waals surface area contributed by atoms with Crippen molar-refractivity contribution in [1.29, 1.82) is 0 Å². The fourth-order valence-electron chi connectivity index (χ4n) is 0.922. The van der Waals surface area contributed by atoms with Gasteiger partial charge in [-0.2, -0.15) is 0 Å². The zero-order chi connectivity index (χ0) is 12.6. The molecule has 1 unspecified atom stereocenters. The molecule has 0 rings (SSSR count). The molecule has 0 amide bonds. The van der Waals surface area contributed by atoms with Crippen LogP contribution in [0.15, 0.2) is 5.10 Å². The first-order valence-corrected chi connectivity index (χ1v) is 6.52. The molecule has 0 aliphatic rings. The van der Waals surface area contributed by atoms with Crippen molar-refractivity contribution in [3.63, 3.8) is 0 Å². The van der Waals surface area contributed by atoms with E-state index in [4.69, 9.17) is 4.74 Å². The fourth-order valence-corrected chi connectivity index (χ4v) is 1.65. The van der Waals surface area contributed by atoms with Crippen LogP contribution in [0.1, 0.15) is 20.3 Å². The Kier molecular flexibility index (Phi) is 7.42. The number of carbonyl (C=O) groups excluding carboxylic acids is 1. The molecule has 0 N–H and O–H groups in total. The molecule has 0 radical (unpaired) electrons. The third-order valence-corrected chi connectivity index (χ3v) is 2.82. The molecule has 0 fully saturated rings. The monoisotopic (exact) mass is 247 g/mol. The number of esters is 1. The maximum Gasteiger partial charge on any atom is 0.315 e. The predicted octanol–water partition coefficient (Wildman–Crippen LogP) is 1.75. The Morgan fingerprint density at radius 3 is 2.62 bits per heavy atom. The fraction of sp³-hybridized carbons (Fsp3) is 0.818. The Morgan fingerprint density at radius 2 is 2.12 bits per heavy atom. The van der Waals surface area contributed by atoms with Crippen LogP contribution in [0.3, 0.4) is 0 Å². The van der Waals surface area contributed by atoms with Crippen LogP contribution in [0, 0.1) is 0 Å². The Bertz CT molecular complexity index is 237.